The van der Waals surface area contributed by atoms with Crippen LogP contribution in [0.25, 0.3) is 0 Å². The summed E-state index contributed by atoms with van der Waals surface area (Å²) in [7, 11) is 2.12. The van der Waals surface area contributed by atoms with Gasteiger partial charge < -0.3 is 10.8 Å². The van der Waals surface area contributed by atoms with Crippen LogP contribution in [-0.2, 0) is 12.7 Å². The summed E-state index contributed by atoms with van der Waals surface area (Å²) >= 11 is 0. The first-order valence-electron chi connectivity index (χ1n) is 5.94. The largest absolute Gasteiger partial charge is 0.398 e. The summed E-state index contributed by atoms with van der Waals surface area (Å²) in [5.41, 5.74) is 10.1. The molecule has 88 valence electrons. The van der Waals surface area contributed by atoms with Gasteiger partial charge in [0, 0.05) is 5.69 Å². The van der Waals surface area contributed by atoms with Crippen LogP contribution in [0.4, 0.5) is 5.69 Å². The molecular formula is C13H22BNO. The van der Waals surface area contributed by atoms with Crippen molar-refractivity contribution in [3.8, 4) is 0 Å². The van der Waals surface area contributed by atoms with E-state index in [9.17, 15) is 5.11 Å². The Labute approximate surface area is 99.3 Å². The van der Waals surface area contributed by atoms with E-state index < -0.39 is 5.60 Å². The predicted octanol–water partition coefficient (Wildman–Crippen LogP) is 1.41. The van der Waals surface area contributed by atoms with Gasteiger partial charge in [0.1, 0.15) is 7.85 Å². The topological polar surface area (TPSA) is 46.2 Å². The first-order valence-corrected chi connectivity index (χ1v) is 5.94. The number of nitrogen functional groups attached to an aromatic ring is 1. The molecule has 3 N–H and O–H groups in total. The van der Waals surface area contributed by atoms with Crippen molar-refractivity contribution < 1.29 is 5.11 Å². The van der Waals surface area contributed by atoms with E-state index in [-0.39, 0.29) is 0 Å². The minimum absolute atomic E-state index is 0.621. The maximum atomic E-state index is 9.71. The first-order chi connectivity index (χ1) is 7.35. The van der Waals surface area contributed by atoms with Crippen LogP contribution in [0.15, 0.2) is 12.1 Å². The van der Waals surface area contributed by atoms with Crippen LogP contribution in [0.1, 0.15) is 37.0 Å². The summed E-state index contributed by atoms with van der Waals surface area (Å²) in [6, 6.07) is 4.20. The number of aryl methyl sites for hydroxylation is 2. The van der Waals surface area contributed by atoms with Crippen LogP contribution in [0, 0.1) is 6.92 Å². The molecule has 0 saturated heterocycles. The average molecular weight is 219 g/mol. The maximum Gasteiger partial charge on any atom is 0.107 e. The summed E-state index contributed by atoms with van der Waals surface area (Å²) in [6.45, 7) is 5.76. The molecule has 0 unspecified atom stereocenters. The highest BCUT2D eigenvalue weighted by atomic mass is 16.3. The van der Waals surface area contributed by atoms with E-state index >= 15 is 0 Å². The Morgan fingerprint density at radius 2 is 2.00 bits per heavy atom. The molecule has 3 heteroatoms. The van der Waals surface area contributed by atoms with E-state index in [1.54, 1.807) is 0 Å². The molecule has 2 nitrogen and oxygen atoms in total. The lowest BCUT2D eigenvalue weighted by molar-refractivity contribution is 0.0714. The lowest BCUT2D eigenvalue weighted by Crippen LogP contribution is -2.19. The van der Waals surface area contributed by atoms with Crippen LogP contribution in [0.5, 0.6) is 0 Å². The summed E-state index contributed by atoms with van der Waals surface area (Å²) in [5.74, 6) is 0. The van der Waals surface area contributed by atoms with E-state index in [0.29, 0.717) is 0 Å². The molecular weight excluding hydrogens is 197 g/mol. The van der Waals surface area contributed by atoms with Gasteiger partial charge in [-0.15, -0.1) is 0 Å². The van der Waals surface area contributed by atoms with Crippen molar-refractivity contribution in [3.05, 3.63) is 28.8 Å². The fourth-order valence-corrected chi connectivity index (χ4v) is 1.95. The van der Waals surface area contributed by atoms with Gasteiger partial charge in [-0.1, -0.05) is 18.5 Å². The second kappa shape index (κ2) is 4.92. The Morgan fingerprint density at radius 1 is 1.38 bits per heavy atom. The number of anilines is 1. The Morgan fingerprint density at radius 3 is 2.50 bits per heavy atom. The molecule has 0 saturated carbocycles. The number of hydrogen-bond donors (Lipinski definition) is 2. The summed E-state index contributed by atoms with van der Waals surface area (Å²) in [5, 5.41) is 9.71. The molecule has 0 radical (unpaired) electrons. The highest BCUT2D eigenvalue weighted by molar-refractivity contribution is 6.09. The van der Waals surface area contributed by atoms with Crippen molar-refractivity contribution in [2.45, 2.75) is 45.5 Å². The van der Waals surface area contributed by atoms with Crippen molar-refractivity contribution >= 4 is 13.5 Å². The number of hydrogen-bond acceptors (Lipinski definition) is 2. The first kappa shape index (κ1) is 13.1. The van der Waals surface area contributed by atoms with Crippen LogP contribution in [-0.4, -0.2) is 18.6 Å². The maximum absolute atomic E-state index is 9.71. The molecule has 0 bridgehead atoms. The molecule has 0 spiro atoms. The Bertz CT molecular complexity index is 369. The van der Waals surface area contributed by atoms with Gasteiger partial charge >= 0.3 is 0 Å². The molecule has 0 aromatic heterocycles. The molecule has 0 heterocycles. The van der Waals surface area contributed by atoms with E-state index in [2.05, 4.69) is 26.9 Å². The van der Waals surface area contributed by atoms with Gasteiger partial charge in [-0.05, 0) is 50.3 Å². The van der Waals surface area contributed by atoms with Crippen molar-refractivity contribution in [2.24, 2.45) is 0 Å². The van der Waals surface area contributed by atoms with E-state index in [0.717, 1.165) is 30.4 Å². The minimum atomic E-state index is -0.621. The van der Waals surface area contributed by atoms with Crippen molar-refractivity contribution in [2.75, 3.05) is 5.73 Å². The second-order valence-corrected chi connectivity index (χ2v) is 5.10. The molecule has 0 fully saturated rings. The van der Waals surface area contributed by atoms with Gasteiger partial charge in [-0.3, -0.25) is 0 Å². The summed E-state index contributed by atoms with van der Waals surface area (Å²) < 4.78 is 0. The fraction of sp³-hybridized carbons (Fsp3) is 0.538. The van der Waals surface area contributed by atoms with Crippen LogP contribution in [0.2, 0.25) is 0 Å². The van der Waals surface area contributed by atoms with E-state index in [1.165, 1.54) is 11.1 Å². The van der Waals surface area contributed by atoms with Gasteiger partial charge in [0.05, 0.1) is 5.60 Å². The van der Waals surface area contributed by atoms with Gasteiger partial charge in [0.15, 0.2) is 0 Å². The number of rotatable bonds is 4. The van der Waals surface area contributed by atoms with E-state index in [4.69, 9.17) is 5.73 Å². The monoisotopic (exact) mass is 219 g/mol. The standard InChI is InChI=1S/C13H22BNO/c1-9-4-5-10(6-7-13(2,3)16)12(15)11(9)8-14/h4-5,16H,6-8,14-15H2,1-3H3. The van der Waals surface area contributed by atoms with Crippen molar-refractivity contribution in [3.63, 3.8) is 0 Å². The number of nitrogens with two attached hydrogens (primary N) is 1. The molecule has 0 aliphatic rings. The number of benzene rings is 1. The van der Waals surface area contributed by atoms with Crippen LogP contribution >= 0.6 is 0 Å². The smallest absolute Gasteiger partial charge is 0.107 e. The van der Waals surface area contributed by atoms with Crippen molar-refractivity contribution in [1.29, 1.82) is 0 Å². The molecule has 1 aromatic rings. The normalized spacial score (nSPS) is 11.8. The summed E-state index contributed by atoms with van der Waals surface area (Å²) in [4.78, 5) is 0. The van der Waals surface area contributed by atoms with E-state index in [1.807, 2.05) is 13.8 Å². The van der Waals surface area contributed by atoms with Gasteiger partial charge in [0.25, 0.3) is 0 Å². The predicted molar refractivity (Wildman–Crippen MR) is 72.5 cm³/mol. The zero-order chi connectivity index (χ0) is 12.3. The average Bonchev–Trinajstić information content (AvgIpc) is 2.16. The zero-order valence-corrected chi connectivity index (χ0v) is 10.8. The molecule has 16 heavy (non-hydrogen) atoms. The fourth-order valence-electron chi connectivity index (χ4n) is 1.95. The number of aliphatic hydroxyl groups is 1. The Balaban J connectivity index is 2.90. The lowest BCUT2D eigenvalue weighted by Gasteiger charge is -2.18. The zero-order valence-electron chi connectivity index (χ0n) is 10.8. The minimum Gasteiger partial charge on any atom is -0.398 e. The Kier molecular flexibility index (Phi) is 4.03. The molecule has 0 atom stereocenters. The molecule has 0 amide bonds. The SMILES string of the molecule is BCc1c(C)ccc(CCC(C)(C)O)c1N. The third-order valence-corrected chi connectivity index (χ3v) is 3.04. The van der Waals surface area contributed by atoms with Crippen molar-refractivity contribution in [1.82, 2.24) is 0 Å². The third-order valence-electron chi connectivity index (χ3n) is 3.04. The Hall–Kier alpha value is -0.955. The second-order valence-electron chi connectivity index (χ2n) is 5.10. The lowest BCUT2D eigenvalue weighted by atomic mass is 9.88. The van der Waals surface area contributed by atoms with Crippen LogP contribution in [0.3, 0.4) is 0 Å². The highest BCUT2D eigenvalue weighted by Crippen LogP contribution is 2.24. The molecule has 1 rings (SSSR count). The molecule has 0 aliphatic carbocycles. The highest BCUT2D eigenvalue weighted by Gasteiger charge is 2.14. The van der Waals surface area contributed by atoms with Gasteiger partial charge in [0.2, 0.25) is 0 Å². The molecule has 0 aliphatic heterocycles. The molecule has 1 aromatic carbocycles. The summed E-state index contributed by atoms with van der Waals surface area (Å²) in [6.07, 6.45) is 2.54. The third kappa shape index (κ3) is 3.27. The quantitative estimate of drug-likeness (QED) is 0.594. The van der Waals surface area contributed by atoms with Gasteiger partial charge in [-0.2, -0.15) is 0 Å². The van der Waals surface area contributed by atoms with Crippen LogP contribution < -0.4 is 5.73 Å². The van der Waals surface area contributed by atoms with Gasteiger partial charge in [-0.25, -0.2) is 0 Å².